The highest BCUT2D eigenvalue weighted by Gasteiger charge is 2.15. The Balaban J connectivity index is 3.34. The molecule has 0 N–H and O–H groups in total. The summed E-state index contributed by atoms with van der Waals surface area (Å²) in [6.07, 6.45) is 2.89. The molecule has 0 heterocycles. The van der Waals surface area contributed by atoms with Gasteiger partial charge in [-0.05, 0) is 41.5 Å². The van der Waals surface area contributed by atoms with Crippen LogP contribution in [0.4, 0.5) is 0 Å². The highest BCUT2D eigenvalue weighted by Crippen LogP contribution is 2.27. The molecule has 1 aromatic rings. The number of aryl methyl sites for hydroxylation is 1. The SMILES string of the molecule is CC/C=C(\C#N)c1cc(C(C)(C)C)ccc1C. The zero-order valence-electron chi connectivity index (χ0n) is 11.5. The van der Waals surface area contributed by atoms with E-state index in [1.54, 1.807) is 0 Å². The molecule has 0 fully saturated rings. The molecule has 0 spiro atoms. The van der Waals surface area contributed by atoms with Crippen LogP contribution in [0.2, 0.25) is 0 Å². The molecule has 0 amide bonds. The van der Waals surface area contributed by atoms with Crippen molar-refractivity contribution < 1.29 is 0 Å². The summed E-state index contributed by atoms with van der Waals surface area (Å²) >= 11 is 0. The van der Waals surface area contributed by atoms with Gasteiger partial charge in [0.2, 0.25) is 0 Å². The van der Waals surface area contributed by atoms with Crippen LogP contribution in [-0.2, 0) is 5.41 Å². The van der Waals surface area contributed by atoms with Crippen molar-refractivity contribution in [3.05, 3.63) is 41.0 Å². The quantitative estimate of drug-likeness (QED) is 0.677. The highest BCUT2D eigenvalue weighted by molar-refractivity contribution is 5.78. The lowest BCUT2D eigenvalue weighted by molar-refractivity contribution is 0.590. The Morgan fingerprint density at radius 1 is 1.35 bits per heavy atom. The lowest BCUT2D eigenvalue weighted by Crippen LogP contribution is -2.11. The molecule has 17 heavy (non-hydrogen) atoms. The van der Waals surface area contributed by atoms with Crippen LogP contribution in [0.25, 0.3) is 5.57 Å². The van der Waals surface area contributed by atoms with Crippen molar-refractivity contribution >= 4 is 5.57 Å². The fraction of sp³-hybridized carbons (Fsp3) is 0.438. The summed E-state index contributed by atoms with van der Waals surface area (Å²) in [7, 11) is 0. The van der Waals surface area contributed by atoms with Gasteiger partial charge in [0, 0.05) is 0 Å². The molecule has 1 heteroatoms. The Bertz CT molecular complexity index is 467. The molecule has 0 saturated carbocycles. The second-order valence-electron chi connectivity index (χ2n) is 5.42. The summed E-state index contributed by atoms with van der Waals surface area (Å²) in [5, 5.41) is 9.21. The molecule has 0 radical (unpaired) electrons. The lowest BCUT2D eigenvalue weighted by atomic mass is 9.84. The van der Waals surface area contributed by atoms with E-state index in [0.29, 0.717) is 0 Å². The molecule has 0 aliphatic carbocycles. The molecule has 0 aliphatic heterocycles. The fourth-order valence-electron chi connectivity index (χ4n) is 1.80. The van der Waals surface area contributed by atoms with Crippen molar-refractivity contribution in [2.24, 2.45) is 0 Å². The van der Waals surface area contributed by atoms with Crippen molar-refractivity contribution in [2.45, 2.75) is 46.5 Å². The summed E-state index contributed by atoms with van der Waals surface area (Å²) in [4.78, 5) is 0. The van der Waals surface area contributed by atoms with Gasteiger partial charge in [-0.3, -0.25) is 0 Å². The number of nitrogens with zero attached hydrogens (tertiary/aromatic N) is 1. The van der Waals surface area contributed by atoms with E-state index in [2.05, 4.69) is 58.9 Å². The molecule has 1 rings (SSSR count). The molecule has 0 saturated heterocycles. The van der Waals surface area contributed by atoms with Crippen LogP contribution in [0, 0.1) is 18.3 Å². The van der Waals surface area contributed by atoms with Gasteiger partial charge in [-0.2, -0.15) is 5.26 Å². The van der Waals surface area contributed by atoms with Crippen molar-refractivity contribution in [1.82, 2.24) is 0 Å². The average molecular weight is 227 g/mol. The van der Waals surface area contributed by atoms with Crippen LogP contribution in [0.1, 0.15) is 50.8 Å². The molecule has 1 aromatic carbocycles. The summed E-state index contributed by atoms with van der Waals surface area (Å²) in [5.41, 5.74) is 4.42. The van der Waals surface area contributed by atoms with Crippen molar-refractivity contribution in [2.75, 3.05) is 0 Å². The molecule has 0 bridgehead atoms. The Morgan fingerprint density at radius 3 is 2.47 bits per heavy atom. The highest BCUT2D eigenvalue weighted by atomic mass is 14.3. The Labute approximate surface area is 105 Å². The Kier molecular flexibility index (Phi) is 4.12. The Morgan fingerprint density at radius 2 is 2.00 bits per heavy atom. The maximum absolute atomic E-state index is 9.21. The molecule has 0 unspecified atom stereocenters. The maximum Gasteiger partial charge on any atom is 0.0994 e. The number of nitriles is 1. The van der Waals surface area contributed by atoms with E-state index < -0.39 is 0 Å². The number of hydrogen-bond donors (Lipinski definition) is 0. The van der Waals surface area contributed by atoms with Gasteiger partial charge in [-0.1, -0.05) is 45.9 Å². The van der Waals surface area contributed by atoms with E-state index in [-0.39, 0.29) is 5.41 Å². The molecular weight excluding hydrogens is 206 g/mol. The molecule has 90 valence electrons. The van der Waals surface area contributed by atoms with Gasteiger partial charge in [0.05, 0.1) is 11.6 Å². The van der Waals surface area contributed by atoms with Crippen LogP contribution in [0.3, 0.4) is 0 Å². The molecular formula is C16H21N. The van der Waals surface area contributed by atoms with Gasteiger partial charge < -0.3 is 0 Å². The summed E-state index contributed by atoms with van der Waals surface area (Å²) in [5.74, 6) is 0. The number of rotatable bonds is 2. The predicted octanol–water partition coefficient (Wildman–Crippen LogP) is 4.61. The van der Waals surface area contributed by atoms with E-state index in [0.717, 1.165) is 17.6 Å². The largest absolute Gasteiger partial charge is 0.192 e. The number of hydrogen-bond acceptors (Lipinski definition) is 1. The van der Waals surface area contributed by atoms with Crippen molar-refractivity contribution in [3.63, 3.8) is 0 Å². The third-order valence-corrected chi connectivity index (χ3v) is 2.92. The van der Waals surface area contributed by atoms with E-state index in [4.69, 9.17) is 0 Å². The lowest BCUT2D eigenvalue weighted by Gasteiger charge is -2.20. The fourth-order valence-corrected chi connectivity index (χ4v) is 1.80. The summed E-state index contributed by atoms with van der Waals surface area (Å²) in [6, 6.07) is 8.71. The smallest absolute Gasteiger partial charge is 0.0994 e. The first-order valence-electron chi connectivity index (χ1n) is 6.12. The zero-order valence-corrected chi connectivity index (χ0v) is 11.5. The normalized spacial score (nSPS) is 12.4. The molecule has 0 atom stereocenters. The predicted molar refractivity (Wildman–Crippen MR) is 73.8 cm³/mol. The van der Waals surface area contributed by atoms with Crippen LogP contribution in [-0.4, -0.2) is 0 Å². The van der Waals surface area contributed by atoms with E-state index in [9.17, 15) is 5.26 Å². The van der Waals surface area contributed by atoms with Crippen LogP contribution >= 0.6 is 0 Å². The van der Waals surface area contributed by atoms with Gasteiger partial charge in [0.25, 0.3) is 0 Å². The van der Waals surface area contributed by atoms with E-state index in [1.807, 2.05) is 6.08 Å². The monoisotopic (exact) mass is 227 g/mol. The van der Waals surface area contributed by atoms with E-state index in [1.165, 1.54) is 11.1 Å². The Hall–Kier alpha value is -1.55. The van der Waals surface area contributed by atoms with Gasteiger partial charge in [-0.15, -0.1) is 0 Å². The van der Waals surface area contributed by atoms with Crippen LogP contribution in [0.15, 0.2) is 24.3 Å². The standard InChI is InChI=1S/C16H21N/c1-6-7-13(11-17)15-10-14(16(3,4)5)9-8-12(15)2/h7-10H,6H2,1-5H3/b13-7+. The van der Waals surface area contributed by atoms with Crippen molar-refractivity contribution in [3.8, 4) is 6.07 Å². The minimum Gasteiger partial charge on any atom is -0.192 e. The summed E-state index contributed by atoms with van der Waals surface area (Å²) in [6.45, 7) is 10.7. The van der Waals surface area contributed by atoms with Crippen LogP contribution < -0.4 is 0 Å². The average Bonchev–Trinajstić information content (AvgIpc) is 2.25. The maximum atomic E-state index is 9.21. The van der Waals surface area contributed by atoms with Gasteiger partial charge in [0.15, 0.2) is 0 Å². The zero-order chi connectivity index (χ0) is 13.1. The topological polar surface area (TPSA) is 23.8 Å². The first-order chi connectivity index (χ1) is 7.90. The number of allylic oxidation sites excluding steroid dienone is 2. The number of benzene rings is 1. The van der Waals surface area contributed by atoms with Gasteiger partial charge in [-0.25, -0.2) is 0 Å². The minimum absolute atomic E-state index is 0.120. The molecule has 0 aliphatic rings. The van der Waals surface area contributed by atoms with Gasteiger partial charge >= 0.3 is 0 Å². The third kappa shape index (κ3) is 3.20. The first kappa shape index (κ1) is 13.5. The summed E-state index contributed by atoms with van der Waals surface area (Å²) < 4.78 is 0. The first-order valence-corrected chi connectivity index (χ1v) is 6.12. The minimum atomic E-state index is 0.120. The molecule has 0 aromatic heterocycles. The second-order valence-corrected chi connectivity index (χ2v) is 5.42. The van der Waals surface area contributed by atoms with Gasteiger partial charge in [0.1, 0.15) is 0 Å². The van der Waals surface area contributed by atoms with Crippen molar-refractivity contribution in [1.29, 1.82) is 5.26 Å². The third-order valence-electron chi connectivity index (χ3n) is 2.92. The van der Waals surface area contributed by atoms with Crippen LogP contribution in [0.5, 0.6) is 0 Å². The van der Waals surface area contributed by atoms with E-state index >= 15 is 0 Å². The molecule has 1 nitrogen and oxygen atoms in total. The second kappa shape index (κ2) is 5.19.